The monoisotopic (exact) mass is 537 g/mol. The smallest absolute Gasteiger partial charge is 0.326 e. The lowest BCUT2D eigenvalue weighted by Crippen LogP contribution is -2.57. The molecule has 0 saturated heterocycles. The van der Waals surface area contributed by atoms with Crippen LogP contribution in [0, 0.1) is 0 Å². The Balaban J connectivity index is 1.72. The molecule has 0 spiro atoms. The predicted octanol–water partition coefficient (Wildman–Crippen LogP) is 0.314. The SMILES string of the molecule is CC(NC(=O)C(Cc1c[nH]c2ccccc12)NC(=O)C(N)CC(=O)O)C(=O)NC(Cc1ccccc1)C(=O)O. The van der Waals surface area contributed by atoms with Crippen LogP contribution in [0.4, 0.5) is 0 Å². The van der Waals surface area contributed by atoms with Gasteiger partial charge in [0.25, 0.3) is 0 Å². The van der Waals surface area contributed by atoms with Crippen molar-refractivity contribution >= 4 is 40.6 Å². The number of aromatic nitrogens is 1. The van der Waals surface area contributed by atoms with Gasteiger partial charge in [-0.15, -0.1) is 0 Å². The van der Waals surface area contributed by atoms with Crippen molar-refractivity contribution in [3.63, 3.8) is 0 Å². The van der Waals surface area contributed by atoms with E-state index in [4.69, 9.17) is 10.8 Å². The molecule has 0 aliphatic rings. The normalized spacial score (nSPS) is 14.0. The molecule has 0 fully saturated rings. The van der Waals surface area contributed by atoms with E-state index in [2.05, 4.69) is 20.9 Å². The van der Waals surface area contributed by atoms with E-state index in [0.717, 1.165) is 10.9 Å². The lowest BCUT2D eigenvalue weighted by molar-refractivity contribution is -0.142. The van der Waals surface area contributed by atoms with Crippen LogP contribution in [0.1, 0.15) is 24.5 Å². The Labute approximate surface area is 224 Å². The Hall–Kier alpha value is -4.71. The maximum atomic E-state index is 13.2. The average Bonchev–Trinajstić information content (AvgIpc) is 3.30. The standard InChI is InChI=1S/C27H31N5O7/c1-15(24(35)32-22(27(38)39)11-16-7-3-2-4-8-16)30-26(37)21(31-25(36)19(28)13-23(33)34)12-17-14-29-20-10-6-5-9-18(17)20/h2-10,14-15,19,21-22,29H,11-13,28H2,1H3,(H,30,37)(H,31,36)(H,32,35)(H,33,34)(H,38,39). The largest absolute Gasteiger partial charge is 0.481 e. The molecule has 206 valence electrons. The number of rotatable bonds is 13. The number of amides is 3. The second-order valence-electron chi connectivity index (χ2n) is 9.15. The number of nitrogens with two attached hydrogens (primary N) is 1. The molecule has 2 aromatic carbocycles. The second kappa shape index (κ2) is 13.2. The highest BCUT2D eigenvalue weighted by Crippen LogP contribution is 2.19. The third-order valence-corrected chi connectivity index (χ3v) is 6.11. The zero-order valence-corrected chi connectivity index (χ0v) is 21.2. The average molecular weight is 538 g/mol. The van der Waals surface area contributed by atoms with Crippen molar-refractivity contribution in [2.75, 3.05) is 0 Å². The fourth-order valence-electron chi connectivity index (χ4n) is 4.02. The molecule has 0 aliphatic heterocycles. The van der Waals surface area contributed by atoms with E-state index >= 15 is 0 Å². The molecular formula is C27H31N5O7. The molecule has 3 rings (SSSR count). The van der Waals surface area contributed by atoms with Gasteiger partial charge in [0, 0.05) is 29.9 Å². The summed E-state index contributed by atoms with van der Waals surface area (Å²) in [7, 11) is 0. The number of para-hydroxylation sites is 1. The molecule has 1 heterocycles. The van der Waals surface area contributed by atoms with Crippen LogP contribution >= 0.6 is 0 Å². The molecule has 0 bridgehead atoms. The minimum atomic E-state index is -1.39. The van der Waals surface area contributed by atoms with Gasteiger partial charge in [0.05, 0.1) is 12.5 Å². The molecule has 12 heteroatoms. The van der Waals surface area contributed by atoms with Crippen LogP contribution in [0.3, 0.4) is 0 Å². The van der Waals surface area contributed by atoms with Crippen molar-refractivity contribution in [1.29, 1.82) is 0 Å². The van der Waals surface area contributed by atoms with E-state index < -0.39 is 60.2 Å². The first-order chi connectivity index (χ1) is 18.5. The molecule has 3 aromatic rings. The highest BCUT2D eigenvalue weighted by molar-refractivity contribution is 5.95. The van der Waals surface area contributed by atoms with Crippen LogP contribution in [0.25, 0.3) is 10.9 Å². The van der Waals surface area contributed by atoms with Gasteiger partial charge in [-0.25, -0.2) is 4.79 Å². The number of carbonyl (C=O) groups is 5. The van der Waals surface area contributed by atoms with Gasteiger partial charge in [-0.1, -0.05) is 48.5 Å². The van der Waals surface area contributed by atoms with Gasteiger partial charge < -0.3 is 36.9 Å². The highest BCUT2D eigenvalue weighted by atomic mass is 16.4. The molecule has 4 unspecified atom stereocenters. The fourth-order valence-corrected chi connectivity index (χ4v) is 4.02. The maximum absolute atomic E-state index is 13.2. The van der Waals surface area contributed by atoms with E-state index in [9.17, 15) is 29.1 Å². The fraction of sp³-hybridized carbons (Fsp3) is 0.296. The zero-order chi connectivity index (χ0) is 28.5. The van der Waals surface area contributed by atoms with Crippen LogP contribution < -0.4 is 21.7 Å². The summed E-state index contributed by atoms with van der Waals surface area (Å²) in [5.74, 6) is -4.81. The second-order valence-corrected chi connectivity index (χ2v) is 9.15. The van der Waals surface area contributed by atoms with Gasteiger partial charge in [0.1, 0.15) is 18.1 Å². The van der Waals surface area contributed by atoms with Crippen molar-refractivity contribution in [3.8, 4) is 0 Å². The molecule has 8 N–H and O–H groups in total. The number of carboxylic acids is 2. The number of aromatic amines is 1. The molecule has 3 amide bonds. The Kier molecular flexibility index (Phi) is 9.76. The summed E-state index contributed by atoms with van der Waals surface area (Å²) in [4.78, 5) is 64.4. The summed E-state index contributed by atoms with van der Waals surface area (Å²) in [6.07, 6.45) is 1.11. The highest BCUT2D eigenvalue weighted by Gasteiger charge is 2.29. The summed E-state index contributed by atoms with van der Waals surface area (Å²) < 4.78 is 0. The van der Waals surface area contributed by atoms with E-state index in [1.54, 1.807) is 36.5 Å². The molecule has 39 heavy (non-hydrogen) atoms. The molecular weight excluding hydrogens is 506 g/mol. The quantitative estimate of drug-likeness (QED) is 0.161. The minimum Gasteiger partial charge on any atom is -0.481 e. The number of nitrogens with one attached hydrogen (secondary N) is 4. The first-order valence-electron chi connectivity index (χ1n) is 12.3. The third-order valence-electron chi connectivity index (χ3n) is 6.11. The first-order valence-corrected chi connectivity index (χ1v) is 12.3. The van der Waals surface area contributed by atoms with Crippen molar-refractivity contribution in [3.05, 3.63) is 71.9 Å². The number of hydrogen-bond donors (Lipinski definition) is 7. The van der Waals surface area contributed by atoms with Crippen LogP contribution in [0.2, 0.25) is 0 Å². The zero-order valence-electron chi connectivity index (χ0n) is 21.2. The molecule has 4 atom stereocenters. The number of fused-ring (bicyclic) bond motifs is 1. The molecule has 0 radical (unpaired) electrons. The predicted molar refractivity (Wildman–Crippen MR) is 141 cm³/mol. The van der Waals surface area contributed by atoms with Crippen molar-refractivity contribution in [2.45, 2.75) is 50.4 Å². The Morgan fingerprint density at radius 1 is 0.821 bits per heavy atom. The lowest BCUT2D eigenvalue weighted by atomic mass is 10.0. The number of carbonyl (C=O) groups excluding carboxylic acids is 3. The van der Waals surface area contributed by atoms with Gasteiger partial charge >= 0.3 is 11.9 Å². The van der Waals surface area contributed by atoms with Crippen LogP contribution in [0.5, 0.6) is 0 Å². The van der Waals surface area contributed by atoms with Gasteiger partial charge in [0.2, 0.25) is 17.7 Å². The number of aliphatic carboxylic acids is 2. The van der Waals surface area contributed by atoms with Gasteiger partial charge in [0.15, 0.2) is 0 Å². The molecule has 0 aliphatic carbocycles. The third kappa shape index (κ3) is 8.14. The number of H-pyrrole nitrogens is 1. The Morgan fingerprint density at radius 3 is 2.13 bits per heavy atom. The van der Waals surface area contributed by atoms with Gasteiger partial charge in [-0.05, 0) is 24.1 Å². The first kappa shape index (κ1) is 28.9. The Morgan fingerprint density at radius 2 is 1.46 bits per heavy atom. The van der Waals surface area contributed by atoms with Crippen molar-refractivity contribution in [2.24, 2.45) is 5.73 Å². The minimum absolute atomic E-state index is 0.0154. The van der Waals surface area contributed by atoms with Crippen LogP contribution in [-0.2, 0) is 36.8 Å². The summed E-state index contributed by atoms with van der Waals surface area (Å²) in [6.45, 7) is 1.38. The number of hydrogen-bond acceptors (Lipinski definition) is 6. The molecule has 12 nitrogen and oxygen atoms in total. The number of benzene rings is 2. The lowest BCUT2D eigenvalue weighted by Gasteiger charge is -2.23. The van der Waals surface area contributed by atoms with E-state index in [1.807, 2.05) is 24.3 Å². The molecule has 1 aromatic heterocycles. The number of carboxylic acid groups (broad SMARTS) is 2. The molecule has 0 saturated carbocycles. The van der Waals surface area contributed by atoms with Gasteiger partial charge in [-0.2, -0.15) is 0 Å². The Bertz CT molecular complexity index is 1340. The van der Waals surface area contributed by atoms with E-state index in [0.29, 0.717) is 11.1 Å². The van der Waals surface area contributed by atoms with Crippen LogP contribution in [0.15, 0.2) is 60.8 Å². The summed E-state index contributed by atoms with van der Waals surface area (Å²) in [5.41, 5.74) is 7.89. The van der Waals surface area contributed by atoms with Crippen LogP contribution in [-0.4, -0.2) is 69.0 Å². The van der Waals surface area contributed by atoms with Gasteiger partial charge in [-0.3, -0.25) is 19.2 Å². The van der Waals surface area contributed by atoms with Crippen molar-refractivity contribution in [1.82, 2.24) is 20.9 Å². The summed E-state index contributed by atoms with van der Waals surface area (Å²) in [6, 6.07) is 11.1. The van der Waals surface area contributed by atoms with E-state index in [1.165, 1.54) is 6.92 Å². The van der Waals surface area contributed by atoms with Crippen molar-refractivity contribution < 1.29 is 34.2 Å². The summed E-state index contributed by atoms with van der Waals surface area (Å²) in [5, 5.41) is 26.8. The van der Waals surface area contributed by atoms with E-state index in [-0.39, 0.29) is 12.8 Å². The topological polar surface area (TPSA) is 204 Å². The summed E-state index contributed by atoms with van der Waals surface area (Å²) >= 11 is 0. The maximum Gasteiger partial charge on any atom is 0.326 e.